The van der Waals surface area contributed by atoms with E-state index in [1.807, 2.05) is 50.2 Å². The van der Waals surface area contributed by atoms with Gasteiger partial charge in [0.1, 0.15) is 11.4 Å². The Balaban J connectivity index is 2.23. The molecule has 0 aliphatic rings. The maximum absolute atomic E-state index is 11.6. The number of nitro groups is 2. The van der Waals surface area contributed by atoms with Crippen molar-refractivity contribution in [2.75, 3.05) is 0 Å². The maximum atomic E-state index is 11.6. The van der Waals surface area contributed by atoms with E-state index >= 15 is 0 Å². The van der Waals surface area contributed by atoms with Crippen LogP contribution < -0.4 is 0 Å². The second-order valence-electron chi connectivity index (χ2n) is 11.9. The SMILES string of the molecule is CC(C)(C)CC(C)(C)c1cc(/N=N/c2ccc([N+](=O)[O-])cc2[N+](=O)[O-])c(O)c(C(C)(C)c2ccccc2)c1. The molecule has 0 radical (unpaired) electrons. The molecule has 3 aromatic carbocycles. The van der Waals surface area contributed by atoms with Crippen LogP contribution in [0.5, 0.6) is 5.75 Å². The molecular formula is C29H34N4O5. The third-order valence-electron chi connectivity index (χ3n) is 6.64. The molecule has 3 aromatic rings. The van der Waals surface area contributed by atoms with Crippen LogP contribution in [0.25, 0.3) is 0 Å². The van der Waals surface area contributed by atoms with Crippen molar-refractivity contribution in [2.24, 2.45) is 15.6 Å². The number of hydrogen-bond acceptors (Lipinski definition) is 7. The van der Waals surface area contributed by atoms with Gasteiger partial charge in [-0.2, -0.15) is 0 Å². The van der Waals surface area contributed by atoms with Crippen LogP contribution in [0.1, 0.15) is 71.6 Å². The molecular weight excluding hydrogens is 484 g/mol. The van der Waals surface area contributed by atoms with Crippen molar-refractivity contribution >= 4 is 22.7 Å². The molecule has 0 fully saturated rings. The zero-order valence-corrected chi connectivity index (χ0v) is 22.8. The van der Waals surface area contributed by atoms with E-state index in [0.717, 1.165) is 29.7 Å². The minimum Gasteiger partial charge on any atom is -0.505 e. The topological polar surface area (TPSA) is 131 Å². The summed E-state index contributed by atoms with van der Waals surface area (Å²) < 4.78 is 0. The van der Waals surface area contributed by atoms with E-state index in [9.17, 15) is 25.3 Å². The van der Waals surface area contributed by atoms with Gasteiger partial charge in [0.15, 0.2) is 5.69 Å². The Morgan fingerprint density at radius 2 is 1.37 bits per heavy atom. The number of aromatic hydroxyl groups is 1. The minimum atomic E-state index is -0.742. The van der Waals surface area contributed by atoms with Gasteiger partial charge >= 0.3 is 5.69 Å². The number of benzene rings is 3. The summed E-state index contributed by atoms with van der Waals surface area (Å²) in [5.74, 6) is -0.0810. The molecule has 38 heavy (non-hydrogen) atoms. The zero-order chi connectivity index (χ0) is 28.5. The highest BCUT2D eigenvalue weighted by Gasteiger charge is 2.33. The largest absolute Gasteiger partial charge is 0.505 e. The lowest BCUT2D eigenvalue weighted by atomic mass is 9.70. The molecule has 9 heteroatoms. The van der Waals surface area contributed by atoms with Crippen LogP contribution in [-0.4, -0.2) is 15.0 Å². The molecule has 3 rings (SSSR count). The molecule has 0 unspecified atom stereocenters. The van der Waals surface area contributed by atoms with Crippen molar-refractivity contribution in [3.8, 4) is 5.75 Å². The molecule has 0 aliphatic heterocycles. The van der Waals surface area contributed by atoms with E-state index in [1.165, 1.54) is 6.07 Å². The number of hydrogen-bond donors (Lipinski definition) is 1. The predicted octanol–water partition coefficient (Wildman–Crippen LogP) is 8.66. The molecule has 0 saturated carbocycles. The standard InChI is InChI=1S/C29H34N4O5/c1-27(2,3)18-28(4,5)20-15-22(29(6,7)19-11-9-8-10-12-19)26(34)24(16-20)31-30-23-14-13-21(32(35)36)17-25(23)33(37)38/h8-17,34H,18H2,1-7H3/b31-30+. The van der Waals surface area contributed by atoms with Gasteiger partial charge in [-0.15, -0.1) is 10.2 Å². The van der Waals surface area contributed by atoms with Gasteiger partial charge in [-0.3, -0.25) is 20.2 Å². The average Bonchev–Trinajstić information content (AvgIpc) is 2.82. The summed E-state index contributed by atoms with van der Waals surface area (Å²) in [5, 5.41) is 42.3. The van der Waals surface area contributed by atoms with Crippen molar-refractivity contribution < 1.29 is 15.0 Å². The van der Waals surface area contributed by atoms with Crippen molar-refractivity contribution in [3.05, 3.63) is 97.6 Å². The fraction of sp³-hybridized carbons (Fsp3) is 0.379. The van der Waals surface area contributed by atoms with E-state index < -0.39 is 26.6 Å². The first-order valence-corrected chi connectivity index (χ1v) is 12.3. The van der Waals surface area contributed by atoms with Crippen LogP contribution in [-0.2, 0) is 10.8 Å². The van der Waals surface area contributed by atoms with E-state index in [-0.39, 0.29) is 28.0 Å². The summed E-state index contributed by atoms with van der Waals surface area (Å²) >= 11 is 0. The third kappa shape index (κ3) is 6.22. The summed E-state index contributed by atoms with van der Waals surface area (Å²) in [6.45, 7) is 14.8. The van der Waals surface area contributed by atoms with Gasteiger partial charge < -0.3 is 5.11 Å². The highest BCUT2D eigenvalue weighted by molar-refractivity contribution is 5.64. The van der Waals surface area contributed by atoms with Crippen LogP contribution in [0.4, 0.5) is 22.7 Å². The molecule has 0 heterocycles. The van der Waals surface area contributed by atoms with Crippen molar-refractivity contribution in [2.45, 2.75) is 65.7 Å². The lowest BCUT2D eigenvalue weighted by Crippen LogP contribution is -2.26. The van der Waals surface area contributed by atoms with Crippen LogP contribution in [0.2, 0.25) is 0 Å². The van der Waals surface area contributed by atoms with Gasteiger partial charge in [0, 0.05) is 17.0 Å². The van der Waals surface area contributed by atoms with Gasteiger partial charge in [0.2, 0.25) is 0 Å². The fourth-order valence-electron chi connectivity index (χ4n) is 4.96. The van der Waals surface area contributed by atoms with Crippen LogP contribution in [0.15, 0.2) is 70.9 Å². The highest BCUT2D eigenvalue weighted by Crippen LogP contribution is 2.47. The summed E-state index contributed by atoms with van der Waals surface area (Å²) in [7, 11) is 0. The van der Waals surface area contributed by atoms with Crippen molar-refractivity contribution in [1.29, 1.82) is 0 Å². The summed E-state index contributed by atoms with van der Waals surface area (Å²) in [4.78, 5) is 21.2. The molecule has 0 aliphatic carbocycles. The first kappa shape index (κ1) is 28.4. The Kier molecular flexibility index (Phi) is 7.72. The Morgan fingerprint density at radius 3 is 1.92 bits per heavy atom. The smallest absolute Gasteiger partial charge is 0.303 e. The van der Waals surface area contributed by atoms with E-state index in [0.29, 0.717) is 5.56 Å². The predicted molar refractivity (Wildman–Crippen MR) is 148 cm³/mol. The average molecular weight is 519 g/mol. The van der Waals surface area contributed by atoms with Crippen molar-refractivity contribution in [1.82, 2.24) is 0 Å². The third-order valence-corrected chi connectivity index (χ3v) is 6.64. The molecule has 0 aromatic heterocycles. The van der Waals surface area contributed by atoms with Gasteiger partial charge in [-0.25, -0.2) is 0 Å². The zero-order valence-electron chi connectivity index (χ0n) is 22.8. The molecule has 0 saturated heterocycles. The minimum absolute atomic E-state index is 0.0253. The van der Waals surface area contributed by atoms with Gasteiger partial charge in [-0.1, -0.05) is 84.9 Å². The van der Waals surface area contributed by atoms with E-state index in [2.05, 4.69) is 44.8 Å². The van der Waals surface area contributed by atoms with Gasteiger partial charge in [0.25, 0.3) is 5.69 Å². The van der Waals surface area contributed by atoms with E-state index in [4.69, 9.17) is 0 Å². The summed E-state index contributed by atoms with van der Waals surface area (Å²) in [5.41, 5.74) is 0.770. The first-order chi connectivity index (χ1) is 17.5. The molecule has 0 spiro atoms. The normalized spacial score (nSPS) is 12.6. The highest BCUT2D eigenvalue weighted by atomic mass is 16.6. The van der Waals surface area contributed by atoms with Gasteiger partial charge in [0.05, 0.1) is 15.9 Å². The monoisotopic (exact) mass is 518 g/mol. The second-order valence-corrected chi connectivity index (χ2v) is 11.9. The number of phenolic OH excluding ortho intramolecular Hbond substituents is 1. The van der Waals surface area contributed by atoms with Crippen LogP contribution in [0, 0.1) is 25.6 Å². The number of nitro benzene ring substituents is 2. The second kappa shape index (κ2) is 10.3. The maximum Gasteiger partial charge on any atom is 0.303 e. The number of phenols is 1. The molecule has 9 nitrogen and oxygen atoms in total. The Morgan fingerprint density at radius 1 is 0.763 bits per heavy atom. The number of rotatable bonds is 8. The Hall–Kier alpha value is -4.14. The quantitative estimate of drug-likeness (QED) is 0.181. The number of azo groups is 1. The molecule has 1 N–H and O–H groups in total. The summed E-state index contributed by atoms with van der Waals surface area (Å²) in [6, 6.07) is 16.7. The lowest BCUT2D eigenvalue weighted by Gasteiger charge is -2.35. The van der Waals surface area contributed by atoms with Gasteiger partial charge in [-0.05, 0) is 40.5 Å². The fourth-order valence-corrected chi connectivity index (χ4v) is 4.96. The molecule has 0 atom stereocenters. The van der Waals surface area contributed by atoms with Crippen LogP contribution >= 0.6 is 0 Å². The molecule has 0 bridgehead atoms. The van der Waals surface area contributed by atoms with Crippen LogP contribution in [0.3, 0.4) is 0 Å². The van der Waals surface area contributed by atoms with E-state index in [1.54, 1.807) is 6.07 Å². The summed E-state index contributed by atoms with van der Waals surface area (Å²) in [6.07, 6.45) is 0.848. The molecule has 200 valence electrons. The first-order valence-electron chi connectivity index (χ1n) is 12.3. The Bertz CT molecular complexity index is 1390. The lowest BCUT2D eigenvalue weighted by molar-refractivity contribution is -0.393. The number of nitrogens with zero attached hydrogens (tertiary/aromatic N) is 4. The molecule has 0 amide bonds. The number of non-ortho nitro benzene ring substituents is 1. The Labute approximate surface area is 222 Å². The van der Waals surface area contributed by atoms with Crippen molar-refractivity contribution in [3.63, 3.8) is 0 Å².